The fourth-order valence-corrected chi connectivity index (χ4v) is 5.40. The molecule has 0 amide bonds. The first kappa shape index (κ1) is 29.6. The lowest BCUT2D eigenvalue weighted by atomic mass is 9.97. The maximum atomic E-state index is 13.7. The molecule has 9 atom stereocenters. The van der Waals surface area contributed by atoms with Gasteiger partial charge in [-0.15, -0.1) is 0 Å². The minimum Gasteiger partial charge on any atom is -0.487 e. The summed E-state index contributed by atoms with van der Waals surface area (Å²) in [6, 6.07) is 8.33. The summed E-state index contributed by atoms with van der Waals surface area (Å²) in [4.78, 5) is 11.5. The van der Waals surface area contributed by atoms with Crippen molar-refractivity contribution in [2.24, 2.45) is 0 Å². The summed E-state index contributed by atoms with van der Waals surface area (Å²) in [5.74, 6) is -1.37. The molecule has 0 spiro atoms. The highest BCUT2D eigenvalue weighted by molar-refractivity contribution is 5.73. The number of rotatable bonds is 9. The molecule has 1 fully saturated rings. The number of aliphatic hydroxyl groups excluding tert-OH is 4. The van der Waals surface area contributed by atoms with Crippen LogP contribution >= 0.6 is 0 Å². The summed E-state index contributed by atoms with van der Waals surface area (Å²) in [6.45, 7) is 0.0957. The minimum absolute atomic E-state index is 0.0374. The second kappa shape index (κ2) is 12.5. The Labute approximate surface area is 234 Å². The molecule has 5 rings (SSSR count). The van der Waals surface area contributed by atoms with Gasteiger partial charge >= 0.3 is 5.97 Å². The van der Waals surface area contributed by atoms with E-state index in [2.05, 4.69) is 5.32 Å². The van der Waals surface area contributed by atoms with Gasteiger partial charge in [0.25, 0.3) is 0 Å². The van der Waals surface area contributed by atoms with Crippen LogP contribution in [0.2, 0.25) is 0 Å². The molecule has 3 aliphatic rings. The van der Waals surface area contributed by atoms with E-state index in [9.17, 15) is 39.1 Å². The number of aryl methyl sites for hydroxylation is 2. The van der Waals surface area contributed by atoms with Gasteiger partial charge in [0.05, 0.1) is 0 Å². The molecule has 13 heteroatoms. The molecule has 0 bridgehead atoms. The van der Waals surface area contributed by atoms with E-state index < -0.39 is 66.9 Å². The van der Waals surface area contributed by atoms with Gasteiger partial charge in [-0.2, -0.15) is 0 Å². The Kier molecular flexibility index (Phi) is 9.04. The van der Waals surface area contributed by atoms with Crippen LogP contribution in [0.4, 0.5) is 8.78 Å². The summed E-state index contributed by atoms with van der Waals surface area (Å²) in [5, 5.41) is 54.0. The van der Waals surface area contributed by atoms with Gasteiger partial charge in [-0.3, -0.25) is 0 Å². The number of carbonyl (C=O) groups is 1. The number of aliphatic hydroxyl groups is 4. The van der Waals surface area contributed by atoms with Gasteiger partial charge in [-0.25, -0.2) is 13.6 Å². The van der Waals surface area contributed by atoms with Crippen LogP contribution in [0.15, 0.2) is 36.4 Å². The Bertz CT molecular complexity index is 1230. The first-order valence-corrected chi connectivity index (χ1v) is 13.5. The van der Waals surface area contributed by atoms with Crippen LogP contribution in [0.5, 0.6) is 11.5 Å². The van der Waals surface area contributed by atoms with E-state index in [-0.39, 0.29) is 18.9 Å². The van der Waals surface area contributed by atoms with Gasteiger partial charge in [-0.05, 0) is 73.2 Å². The lowest BCUT2D eigenvalue weighted by Crippen LogP contribution is -2.62. The van der Waals surface area contributed by atoms with E-state index in [4.69, 9.17) is 18.9 Å². The summed E-state index contributed by atoms with van der Waals surface area (Å²) < 4.78 is 50.4. The summed E-state index contributed by atoms with van der Waals surface area (Å²) >= 11 is 0. The van der Waals surface area contributed by atoms with Gasteiger partial charge in [0.2, 0.25) is 0 Å². The predicted octanol–water partition coefficient (Wildman–Crippen LogP) is 0.280. The normalized spacial score (nSPS) is 30.7. The molecule has 0 aliphatic carbocycles. The number of carboxylic acid groups (broad SMARTS) is 1. The average molecular weight is 582 g/mol. The van der Waals surface area contributed by atoms with E-state index in [1.54, 1.807) is 0 Å². The molecule has 6 N–H and O–H groups in total. The van der Waals surface area contributed by atoms with Crippen LogP contribution in [0, 0.1) is 11.6 Å². The summed E-state index contributed by atoms with van der Waals surface area (Å²) in [5.41, 5.74) is 1.39. The van der Waals surface area contributed by atoms with Crippen LogP contribution in [0.25, 0.3) is 0 Å². The molecule has 3 aliphatic heterocycles. The van der Waals surface area contributed by atoms with Crippen molar-refractivity contribution >= 4 is 5.97 Å². The van der Waals surface area contributed by atoms with Crippen molar-refractivity contribution in [3.05, 3.63) is 59.2 Å². The second-order valence-corrected chi connectivity index (χ2v) is 10.5. The third kappa shape index (κ3) is 6.61. The average Bonchev–Trinajstić information content (AvgIpc) is 2.95. The zero-order chi connectivity index (χ0) is 29.3. The molecular formula is C28H33F2NO10. The molecule has 41 heavy (non-hydrogen) atoms. The van der Waals surface area contributed by atoms with E-state index >= 15 is 0 Å². The highest BCUT2D eigenvalue weighted by Gasteiger charge is 2.49. The van der Waals surface area contributed by atoms with Gasteiger partial charge in [0, 0.05) is 13.1 Å². The molecule has 3 heterocycles. The smallest absolute Gasteiger partial charge is 0.335 e. The first-order chi connectivity index (χ1) is 19.6. The summed E-state index contributed by atoms with van der Waals surface area (Å²) in [7, 11) is 0. The molecule has 1 saturated heterocycles. The zero-order valence-electron chi connectivity index (χ0n) is 21.9. The third-order valence-corrected chi connectivity index (χ3v) is 7.66. The van der Waals surface area contributed by atoms with Crippen LogP contribution in [0.1, 0.15) is 24.0 Å². The SMILES string of the molecule is O=C(O)[C@H]1O[C@H](O[C@@H](CNC[C@@H](O)[C@H]2CCc3cc(F)ccc3O2)[C@@H]2CCc3cc(F)ccc3O2)[C@H](O)[C@@H](O)[C@@H]1O. The molecule has 0 radical (unpaired) electrons. The van der Waals surface area contributed by atoms with Crippen molar-refractivity contribution in [3.63, 3.8) is 0 Å². The molecule has 224 valence electrons. The predicted molar refractivity (Wildman–Crippen MR) is 136 cm³/mol. The number of fused-ring (bicyclic) bond motifs is 2. The molecule has 0 saturated carbocycles. The quantitative estimate of drug-likeness (QED) is 0.241. The van der Waals surface area contributed by atoms with Crippen molar-refractivity contribution in [1.82, 2.24) is 5.32 Å². The van der Waals surface area contributed by atoms with Crippen molar-refractivity contribution in [3.8, 4) is 11.5 Å². The fourth-order valence-electron chi connectivity index (χ4n) is 5.40. The number of hydrogen-bond acceptors (Lipinski definition) is 10. The van der Waals surface area contributed by atoms with Crippen molar-refractivity contribution in [1.29, 1.82) is 0 Å². The second-order valence-electron chi connectivity index (χ2n) is 10.5. The van der Waals surface area contributed by atoms with Crippen LogP contribution < -0.4 is 14.8 Å². The topological polar surface area (TPSA) is 167 Å². The highest BCUT2D eigenvalue weighted by Crippen LogP contribution is 2.32. The van der Waals surface area contributed by atoms with Gasteiger partial charge in [0.15, 0.2) is 12.4 Å². The molecule has 2 aromatic rings. The summed E-state index contributed by atoms with van der Waals surface area (Å²) in [6.07, 6.45) is -10.2. The minimum atomic E-state index is -1.88. The first-order valence-electron chi connectivity index (χ1n) is 13.5. The van der Waals surface area contributed by atoms with Crippen LogP contribution in [0.3, 0.4) is 0 Å². The number of hydrogen-bond donors (Lipinski definition) is 6. The van der Waals surface area contributed by atoms with Crippen molar-refractivity contribution < 1.29 is 58.1 Å². The lowest BCUT2D eigenvalue weighted by Gasteiger charge is -2.41. The Hall–Kier alpha value is -2.91. The van der Waals surface area contributed by atoms with Crippen molar-refractivity contribution in [2.75, 3.05) is 13.1 Å². The Morgan fingerprint density at radius 1 is 0.902 bits per heavy atom. The Morgan fingerprint density at radius 2 is 1.49 bits per heavy atom. The van der Waals surface area contributed by atoms with Gasteiger partial charge in [-0.1, -0.05) is 0 Å². The van der Waals surface area contributed by atoms with Gasteiger partial charge < -0.3 is 49.8 Å². The third-order valence-electron chi connectivity index (χ3n) is 7.66. The number of ether oxygens (including phenoxy) is 4. The van der Waals surface area contributed by atoms with Crippen molar-refractivity contribution in [2.45, 2.75) is 80.8 Å². The largest absolute Gasteiger partial charge is 0.487 e. The maximum absolute atomic E-state index is 13.7. The number of nitrogens with one attached hydrogen (secondary N) is 1. The Balaban J connectivity index is 1.26. The monoisotopic (exact) mass is 581 g/mol. The number of halogens is 2. The number of aliphatic carboxylic acids is 1. The molecular weight excluding hydrogens is 548 g/mol. The van der Waals surface area contributed by atoms with Crippen LogP contribution in [-0.2, 0) is 27.1 Å². The van der Waals surface area contributed by atoms with E-state index in [0.717, 1.165) is 5.56 Å². The van der Waals surface area contributed by atoms with Crippen LogP contribution in [-0.4, -0.2) is 99.7 Å². The standard InChI is InChI=1S/C28H33F2NO10/c29-15-3-7-18-13(9-15)1-5-20(38-18)17(32)11-31-12-22(21-6-2-14-10-16(30)4-8-19(14)39-21)40-28-25(35)23(33)24(34)26(41-28)27(36)37/h3-4,7-10,17,20-26,28,31-35H,1-2,5-6,11-12H2,(H,36,37)/t17-,20-,21+,22+,23+,24+,25-,26+,28+/m1/s1. The highest BCUT2D eigenvalue weighted by atomic mass is 19.1. The van der Waals surface area contributed by atoms with E-state index in [1.165, 1.54) is 36.4 Å². The Morgan fingerprint density at radius 3 is 2.10 bits per heavy atom. The maximum Gasteiger partial charge on any atom is 0.335 e. The molecule has 0 unspecified atom stereocenters. The number of carboxylic acids is 1. The molecule has 11 nitrogen and oxygen atoms in total. The molecule has 2 aromatic carbocycles. The zero-order valence-corrected chi connectivity index (χ0v) is 21.9. The lowest BCUT2D eigenvalue weighted by molar-refractivity contribution is -0.309. The van der Waals surface area contributed by atoms with E-state index in [1.807, 2.05) is 0 Å². The van der Waals surface area contributed by atoms with Gasteiger partial charge in [0.1, 0.15) is 65.9 Å². The fraction of sp³-hybridized carbons (Fsp3) is 0.536. The number of benzene rings is 2. The van der Waals surface area contributed by atoms with E-state index in [0.29, 0.717) is 42.7 Å². The molecule has 0 aromatic heterocycles.